The smallest absolute Gasteiger partial charge is 0.377 e. The molecule has 15 heavy (non-hydrogen) atoms. The first-order valence-electron chi connectivity index (χ1n) is 5.10. The number of hydrogen-bond donors (Lipinski definition) is 1. The van der Waals surface area contributed by atoms with Crippen LogP contribution in [0.3, 0.4) is 0 Å². The minimum absolute atomic E-state index is 0. The summed E-state index contributed by atoms with van der Waals surface area (Å²) in [6.45, 7) is 4.23. The summed E-state index contributed by atoms with van der Waals surface area (Å²) in [6, 6.07) is 0.868. The molecule has 0 aliphatic carbocycles. The fourth-order valence-corrected chi connectivity index (χ4v) is 3.01. The maximum absolute atomic E-state index is 5.31. The van der Waals surface area contributed by atoms with Gasteiger partial charge in [-0.1, -0.05) is 6.92 Å². The van der Waals surface area contributed by atoms with E-state index in [0.717, 1.165) is 25.6 Å². The molecule has 0 radical (unpaired) electrons. The van der Waals surface area contributed by atoms with E-state index in [4.69, 9.17) is 13.3 Å². The van der Waals surface area contributed by atoms with Crippen LogP contribution in [0.1, 0.15) is 19.8 Å². The molecule has 0 aromatic rings. The van der Waals surface area contributed by atoms with E-state index < -0.39 is 8.80 Å². The van der Waals surface area contributed by atoms with Crippen molar-refractivity contribution in [1.82, 2.24) is 5.32 Å². The Morgan fingerprint density at radius 3 is 1.93 bits per heavy atom. The number of hydrogen-bond acceptors (Lipinski definition) is 4. The zero-order chi connectivity index (χ0) is 10.9. The van der Waals surface area contributed by atoms with E-state index in [0.29, 0.717) is 0 Å². The Kier molecular flexibility index (Phi) is 12.8. The van der Waals surface area contributed by atoms with Crippen LogP contribution in [0.4, 0.5) is 0 Å². The molecule has 0 rings (SSSR count). The van der Waals surface area contributed by atoms with Gasteiger partial charge in [-0.3, -0.25) is 0 Å². The molecule has 0 saturated carbocycles. The van der Waals surface area contributed by atoms with Gasteiger partial charge in [0, 0.05) is 27.4 Å². The lowest BCUT2D eigenvalue weighted by molar-refractivity contribution is 0.123. The van der Waals surface area contributed by atoms with Crippen LogP contribution in [-0.2, 0) is 13.3 Å². The second-order valence-corrected chi connectivity index (χ2v) is 6.24. The van der Waals surface area contributed by atoms with Gasteiger partial charge in [-0.15, -0.1) is 12.4 Å². The maximum Gasteiger partial charge on any atom is 0.500 e. The maximum atomic E-state index is 5.31. The molecular formula is C9H24ClNO3Si. The highest BCUT2D eigenvalue weighted by Gasteiger charge is 2.36. The molecule has 0 unspecified atom stereocenters. The Morgan fingerprint density at radius 1 is 1.00 bits per heavy atom. The highest BCUT2D eigenvalue weighted by molar-refractivity contribution is 6.60. The molecule has 0 heterocycles. The fraction of sp³-hybridized carbons (Fsp3) is 1.00. The summed E-state index contributed by atoms with van der Waals surface area (Å²) >= 11 is 0. The van der Waals surface area contributed by atoms with Gasteiger partial charge in [-0.05, 0) is 25.9 Å². The SMILES string of the molecule is CCCNCCC[Si](OC)(OC)OC.Cl. The Hall–Kier alpha value is 0.347. The Bertz CT molecular complexity index is 128. The quantitative estimate of drug-likeness (QED) is 0.504. The first-order valence-corrected chi connectivity index (χ1v) is 7.04. The van der Waals surface area contributed by atoms with Crippen LogP contribution in [-0.4, -0.2) is 43.2 Å². The molecule has 0 amide bonds. The molecule has 0 saturated heterocycles. The second-order valence-electron chi connectivity index (χ2n) is 3.15. The first kappa shape index (κ1) is 17.7. The van der Waals surface area contributed by atoms with E-state index in [1.807, 2.05) is 0 Å². The van der Waals surface area contributed by atoms with Crippen molar-refractivity contribution in [3.05, 3.63) is 0 Å². The van der Waals surface area contributed by atoms with Gasteiger partial charge < -0.3 is 18.6 Å². The van der Waals surface area contributed by atoms with Gasteiger partial charge in [-0.25, -0.2) is 0 Å². The van der Waals surface area contributed by atoms with E-state index >= 15 is 0 Å². The third-order valence-electron chi connectivity index (χ3n) is 2.20. The Morgan fingerprint density at radius 2 is 1.53 bits per heavy atom. The average molecular weight is 258 g/mol. The van der Waals surface area contributed by atoms with Crippen LogP contribution in [0.25, 0.3) is 0 Å². The molecular weight excluding hydrogens is 234 g/mol. The van der Waals surface area contributed by atoms with Crippen molar-refractivity contribution >= 4 is 21.2 Å². The zero-order valence-corrected chi connectivity index (χ0v) is 12.0. The topological polar surface area (TPSA) is 39.7 Å². The first-order chi connectivity index (χ1) is 6.74. The van der Waals surface area contributed by atoms with E-state index in [2.05, 4.69) is 12.2 Å². The largest absolute Gasteiger partial charge is 0.500 e. The van der Waals surface area contributed by atoms with Gasteiger partial charge in [-0.2, -0.15) is 0 Å². The van der Waals surface area contributed by atoms with Gasteiger partial charge in [0.2, 0.25) is 0 Å². The highest BCUT2D eigenvalue weighted by atomic mass is 35.5. The van der Waals surface area contributed by atoms with Crippen LogP contribution in [0.5, 0.6) is 0 Å². The molecule has 6 heteroatoms. The zero-order valence-electron chi connectivity index (χ0n) is 10.2. The summed E-state index contributed by atoms with van der Waals surface area (Å²) in [5.41, 5.74) is 0. The predicted molar refractivity (Wildman–Crippen MR) is 66.6 cm³/mol. The third kappa shape index (κ3) is 7.27. The summed E-state index contributed by atoms with van der Waals surface area (Å²) in [7, 11) is 2.64. The van der Waals surface area contributed by atoms with Crippen molar-refractivity contribution < 1.29 is 13.3 Å². The van der Waals surface area contributed by atoms with E-state index in [9.17, 15) is 0 Å². The highest BCUT2D eigenvalue weighted by Crippen LogP contribution is 2.14. The lowest BCUT2D eigenvalue weighted by atomic mass is 10.4. The summed E-state index contributed by atoms with van der Waals surface area (Å²) < 4.78 is 15.9. The molecule has 0 atom stereocenters. The summed E-state index contributed by atoms with van der Waals surface area (Å²) in [5, 5.41) is 3.34. The predicted octanol–water partition coefficient (Wildman–Crippen LogP) is 1.68. The molecule has 0 bridgehead atoms. The van der Waals surface area contributed by atoms with Crippen molar-refractivity contribution in [3.8, 4) is 0 Å². The van der Waals surface area contributed by atoms with Crippen LogP contribution >= 0.6 is 12.4 Å². The molecule has 0 aliphatic rings. The molecule has 0 fully saturated rings. The number of nitrogens with one attached hydrogen (secondary N) is 1. The van der Waals surface area contributed by atoms with Crippen molar-refractivity contribution in [2.24, 2.45) is 0 Å². The Balaban J connectivity index is 0. The molecule has 0 aromatic heterocycles. The van der Waals surface area contributed by atoms with E-state index in [1.54, 1.807) is 21.3 Å². The fourth-order valence-electron chi connectivity index (χ4n) is 1.29. The van der Waals surface area contributed by atoms with Crippen LogP contribution < -0.4 is 5.32 Å². The number of halogens is 1. The summed E-state index contributed by atoms with van der Waals surface area (Å²) in [4.78, 5) is 0. The molecule has 4 nitrogen and oxygen atoms in total. The van der Waals surface area contributed by atoms with E-state index in [-0.39, 0.29) is 12.4 Å². The molecule has 0 aliphatic heterocycles. The van der Waals surface area contributed by atoms with Crippen LogP contribution in [0.2, 0.25) is 6.04 Å². The van der Waals surface area contributed by atoms with E-state index in [1.165, 1.54) is 6.42 Å². The van der Waals surface area contributed by atoms with Crippen molar-refractivity contribution in [2.75, 3.05) is 34.4 Å². The monoisotopic (exact) mass is 257 g/mol. The van der Waals surface area contributed by atoms with Crippen molar-refractivity contribution in [1.29, 1.82) is 0 Å². The van der Waals surface area contributed by atoms with Gasteiger partial charge in [0.1, 0.15) is 0 Å². The molecule has 1 N–H and O–H groups in total. The standard InChI is InChI=1S/C9H23NO3Si.ClH/c1-5-7-10-8-6-9-14(11-2,12-3)13-4;/h10H,5-9H2,1-4H3;1H. The number of rotatable bonds is 9. The van der Waals surface area contributed by atoms with Gasteiger partial charge in [0.15, 0.2) is 0 Å². The lowest BCUT2D eigenvalue weighted by Gasteiger charge is -2.24. The third-order valence-corrected chi connectivity index (χ3v) is 5.03. The summed E-state index contributed by atoms with van der Waals surface area (Å²) in [5.74, 6) is 0. The molecule has 0 aromatic carbocycles. The van der Waals surface area contributed by atoms with Crippen molar-refractivity contribution in [3.63, 3.8) is 0 Å². The Labute approximate surface area is 100 Å². The summed E-state index contributed by atoms with van der Waals surface area (Å²) in [6.07, 6.45) is 2.20. The van der Waals surface area contributed by atoms with Crippen LogP contribution in [0, 0.1) is 0 Å². The minimum Gasteiger partial charge on any atom is -0.377 e. The van der Waals surface area contributed by atoms with Gasteiger partial charge in [0.05, 0.1) is 0 Å². The normalized spacial score (nSPS) is 11.2. The van der Waals surface area contributed by atoms with Gasteiger partial charge in [0.25, 0.3) is 0 Å². The molecule has 0 spiro atoms. The van der Waals surface area contributed by atoms with Gasteiger partial charge >= 0.3 is 8.80 Å². The minimum atomic E-state index is -2.32. The molecule has 94 valence electrons. The lowest BCUT2D eigenvalue weighted by Crippen LogP contribution is -2.43. The average Bonchev–Trinajstić information content (AvgIpc) is 2.24. The second kappa shape index (κ2) is 10.9. The van der Waals surface area contributed by atoms with Crippen LogP contribution in [0.15, 0.2) is 0 Å². The van der Waals surface area contributed by atoms with Crippen molar-refractivity contribution in [2.45, 2.75) is 25.8 Å².